The molecule has 1 amide bonds. The molecule has 0 radical (unpaired) electrons. The SMILES string of the molecule is C=C(C)N=C(C)c1nnc2n1CCN(C(=O)c1ccc(C)c(C)c1)[C@@H]2C. The summed E-state index contributed by atoms with van der Waals surface area (Å²) in [4.78, 5) is 19.3. The summed E-state index contributed by atoms with van der Waals surface area (Å²) in [6, 6.07) is 5.71. The molecule has 0 spiro atoms. The van der Waals surface area contributed by atoms with Crippen molar-refractivity contribution in [1.29, 1.82) is 0 Å². The van der Waals surface area contributed by atoms with Crippen LogP contribution in [0.25, 0.3) is 0 Å². The van der Waals surface area contributed by atoms with Crippen molar-refractivity contribution < 1.29 is 4.79 Å². The molecule has 2 aromatic rings. The van der Waals surface area contributed by atoms with Gasteiger partial charge in [0, 0.05) is 24.4 Å². The van der Waals surface area contributed by atoms with Gasteiger partial charge in [-0.3, -0.25) is 9.79 Å². The van der Waals surface area contributed by atoms with Gasteiger partial charge >= 0.3 is 0 Å². The van der Waals surface area contributed by atoms with Crippen LogP contribution >= 0.6 is 0 Å². The van der Waals surface area contributed by atoms with E-state index in [1.54, 1.807) is 0 Å². The minimum absolute atomic E-state index is 0.0312. The van der Waals surface area contributed by atoms with Crippen LogP contribution in [0, 0.1) is 13.8 Å². The molecule has 1 aromatic carbocycles. The largest absolute Gasteiger partial charge is 0.327 e. The van der Waals surface area contributed by atoms with Gasteiger partial charge in [-0.1, -0.05) is 12.6 Å². The molecule has 1 aromatic heterocycles. The number of hydrogen-bond donors (Lipinski definition) is 0. The number of fused-ring (bicyclic) bond motifs is 1. The maximum absolute atomic E-state index is 13.0. The maximum atomic E-state index is 13.0. The number of aliphatic imine (C=N–C) groups is 1. The number of carbonyl (C=O) groups excluding carboxylic acids is 1. The van der Waals surface area contributed by atoms with Crippen LogP contribution in [-0.4, -0.2) is 37.8 Å². The van der Waals surface area contributed by atoms with Gasteiger partial charge in [0.05, 0.1) is 11.8 Å². The van der Waals surface area contributed by atoms with Crippen molar-refractivity contribution >= 4 is 11.6 Å². The Balaban J connectivity index is 1.90. The minimum atomic E-state index is -0.142. The van der Waals surface area contributed by atoms with Crippen LogP contribution in [0.5, 0.6) is 0 Å². The highest BCUT2D eigenvalue weighted by Crippen LogP contribution is 2.26. The summed E-state index contributed by atoms with van der Waals surface area (Å²) in [5.74, 6) is 1.57. The predicted octanol–water partition coefficient (Wildman–Crippen LogP) is 3.45. The van der Waals surface area contributed by atoms with Gasteiger partial charge in [-0.15, -0.1) is 10.2 Å². The van der Waals surface area contributed by atoms with Crippen molar-refractivity contribution in [3.8, 4) is 0 Å². The molecule has 6 heteroatoms. The third-order valence-corrected chi connectivity index (χ3v) is 4.88. The lowest BCUT2D eigenvalue weighted by Gasteiger charge is -2.34. The molecule has 0 aliphatic carbocycles. The van der Waals surface area contributed by atoms with E-state index in [4.69, 9.17) is 0 Å². The molecule has 1 aliphatic rings. The minimum Gasteiger partial charge on any atom is -0.327 e. The molecule has 0 saturated carbocycles. The highest BCUT2D eigenvalue weighted by atomic mass is 16.2. The number of aromatic nitrogens is 3. The molecule has 0 unspecified atom stereocenters. The Hall–Kier alpha value is -2.76. The van der Waals surface area contributed by atoms with Gasteiger partial charge in [-0.05, 0) is 57.9 Å². The molecule has 1 atom stereocenters. The van der Waals surface area contributed by atoms with E-state index in [-0.39, 0.29) is 11.9 Å². The van der Waals surface area contributed by atoms with Crippen molar-refractivity contribution in [3.05, 3.63) is 58.8 Å². The Morgan fingerprint density at radius 2 is 1.92 bits per heavy atom. The molecule has 6 nitrogen and oxygen atoms in total. The molecule has 3 rings (SSSR count). The number of allylic oxidation sites excluding steroid dienone is 1. The number of carbonyl (C=O) groups is 1. The summed E-state index contributed by atoms with van der Waals surface area (Å²) < 4.78 is 2.05. The number of nitrogens with zero attached hydrogens (tertiary/aromatic N) is 5. The second-order valence-electron chi connectivity index (χ2n) is 6.94. The normalized spacial score (nSPS) is 17.2. The van der Waals surface area contributed by atoms with Crippen LogP contribution in [-0.2, 0) is 6.54 Å². The first-order chi connectivity index (χ1) is 12.3. The van der Waals surface area contributed by atoms with Crippen LogP contribution in [0.4, 0.5) is 0 Å². The van der Waals surface area contributed by atoms with E-state index >= 15 is 0 Å². The zero-order chi connectivity index (χ0) is 19.0. The first-order valence-corrected chi connectivity index (χ1v) is 8.82. The van der Waals surface area contributed by atoms with Crippen molar-refractivity contribution in [3.63, 3.8) is 0 Å². The summed E-state index contributed by atoms with van der Waals surface area (Å²) in [7, 11) is 0. The summed E-state index contributed by atoms with van der Waals surface area (Å²) in [5.41, 5.74) is 4.54. The van der Waals surface area contributed by atoms with Crippen molar-refractivity contribution in [2.45, 2.75) is 47.2 Å². The smallest absolute Gasteiger partial charge is 0.254 e. The van der Waals surface area contributed by atoms with Gasteiger partial charge in [0.1, 0.15) is 0 Å². The Morgan fingerprint density at radius 3 is 2.58 bits per heavy atom. The molecule has 0 bridgehead atoms. The van der Waals surface area contributed by atoms with E-state index < -0.39 is 0 Å². The zero-order valence-corrected chi connectivity index (χ0v) is 16.1. The Bertz CT molecular complexity index is 909. The maximum Gasteiger partial charge on any atom is 0.254 e. The first-order valence-electron chi connectivity index (χ1n) is 8.82. The number of aryl methyl sites for hydroxylation is 2. The topological polar surface area (TPSA) is 63.4 Å². The van der Waals surface area contributed by atoms with E-state index in [0.29, 0.717) is 18.7 Å². The zero-order valence-electron chi connectivity index (χ0n) is 16.1. The Morgan fingerprint density at radius 1 is 1.19 bits per heavy atom. The summed E-state index contributed by atoms with van der Waals surface area (Å²) in [6.07, 6.45) is 0. The second-order valence-corrected chi connectivity index (χ2v) is 6.94. The number of hydrogen-bond acceptors (Lipinski definition) is 4. The van der Waals surface area contributed by atoms with Gasteiger partial charge in [-0.2, -0.15) is 0 Å². The molecule has 2 heterocycles. The molecule has 0 saturated heterocycles. The third-order valence-electron chi connectivity index (χ3n) is 4.88. The molecular formula is C20H25N5O. The average molecular weight is 351 g/mol. The lowest BCUT2D eigenvalue weighted by molar-refractivity contribution is 0.0637. The average Bonchev–Trinajstić information content (AvgIpc) is 3.01. The molecule has 136 valence electrons. The number of rotatable bonds is 3. The van der Waals surface area contributed by atoms with Crippen LogP contribution < -0.4 is 0 Å². The number of benzene rings is 1. The Kier molecular flexibility index (Phi) is 4.76. The van der Waals surface area contributed by atoms with E-state index in [1.165, 1.54) is 5.56 Å². The summed E-state index contributed by atoms with van der Waals surface area (Å²) >= 11 is 0. The Labute approximate surface area is 154 Å². The van der Waals surface area contributed by atoms with E-state index in [2.05, 4.69) is 26.3 Å². The number of amides is 1. The standard InChI is InChI=1S/C20H25N5O/c1-12(2)21-15(5)18-22-23-19-16(6)24(9-10-25(18)19)20(26)17-8-7-13(3)14(4)11-17/h7-8,11,16H,1,9-10H2,2-6H3/t16-/m1/s1. The second kappa shape index (κ2) is 6.86. The van der Waals surface area contributed by atoms with Crippen LogP contribution in [0.3, 0.4) is 0 Å². The van der Waals surface area contributed by atoms with Crippen LogP contribution in [0.15, 0.2) is 35.5 Å². The van der Waals surface area contributed by atoms with E-state index in [9.17, 15) is 4.79 Å². The van der Waals surface area contributed by atoms with Crippen molar-refractivity contribution in [1.82, 2.24) is 19.7 Å². The molecule has 0 fully saturated rings. The van der Waals surface area contributed by atoms with E-state index in [1.807, 2.05) is 57.7 Å². The summed E-state index contributed by atoms with van der Waals surface area (Å²) in [5, 5.41) is 8.63. The third kappa shape index (κ3) is 3.19. The van der Waals surface area contributed by atoms with E-state index in [0.717, 1.165) is 28.6 Å². The fraction of sp³-hybridized carbons (Fsp3) is 0.400. The molecule has 1 aliphatic heterocycles. The highest BCUT2D eigenvalue weighted by Gasteiger charge is 2.32. The molecular weight excluding hydrogens is 326 g/mol. The van der Waals surface area contributed by atoms with Gasteiger partial charge in [0.25, 0.3) is 5.91 Å². The van der Waals surface area contributed by atoms with Crippen LogP contribution in [0.2, 0.25) is 0 Å². The van der Waals surface area contributed by atoms with Crippen molar-refractivity contribution in [2.24, 2.45) is 4.99 Å². The van der Waals surface area contributed by atoms with Gasteiger partial charge in [-0.25, -0.2) is 0 Å². The van der Waals surface area contributed by atoms with Gasteiger partial charge in [0.2, 0.25) is 0 Å². The predicted molar refractivity (Wildman–Crippen MR) is 102 cm³/mol. The first kappa shape index (κ1) is 18.0. The van der Waals surface area contributed by atoms with Gasteiger partial charge in [0.15, 0.2) is 11.6 Å². The highest BCUT2D eigenvalue weighted by molar-refractivity contribution is 5.96. The monoisotopic (exact) mass is 351 g/mol. The lowest BCUT2D eigenvalue weighted by Crippen LogP contribution is -2.41. The molecule has 0 N–H and O–H groups in total. The fourth-order valence-corrected chi connectivity index (χ4v) is 3.31. The fourth-order valence-electron chi connectivity index (χ4n) is 3.31. The lowest BCUT2D eigenvalue weighted by atomic mass is 10.0. The quantitative estimate of drug-likeness (QED) is 0.796. The van der Waals surface area contributed by atoms with Crippen LogP contribution in [0.1, 0.15) is 59.9 Å². The summed E-state index contributed by atoms with van der Waals surface area (Å²) in [6.45, 7) is 14.9. The van der Waals surface area contributed by atoms with Crippen molar-refractivity contribution in [2.75, 3.05) is 6.54 Å². The van der Waals surface area contributed by atoms with Gasteiger partial charge < -0.3 is 9.47 Å². The molecule has 26 heavy (non-hydrogen) atoms.